The van der Waals surface area contributed by atoms with Crippen LogP contribution in [0.25, 0.3) is 17.1 Å². The molecule has 2 aromatic heterocycles. The van der Waals surface area contributed by atoms with Gasteiger partial charge in [-0.25, -0.2) is 0 Å². The van der Waals surface area contributed by atoms with Gasteiger partial charge in [0, 0.05) is 18.1 Å². The first-order chi connectivity index (χ1) is 11.7. The largest absolute Gasteiger partial charge is 0.496 e. The Labute approximate surface area is 144 Å². The van der Waals surface area contributed by atoms with Gasteiger partial charge in [-0.1, -0.05) is 25.2 Å². The number of aromatic nitrogens is 4. The average Bonchev–Trinajstić information content (AvgIpc) is 3.18. The average molecular weight is 344 g/mol. The van der Waals surface area contributed by atoms with Crippen LogP contribution in [0.15, 0.2) is 12.1 Å². The first-order valence-electron chi connectivity index (χ1n) is 7.84. The monoisotopic (exact) mass is 344 g/mol. The molecule has 0 N–H and O–H groups in total. The molecule has 0 saturated heterocycles. The van der Waals surface area contributed by atoms with Gasteiger partial charge in [-0.15, -0.1) is 10.2 Å². The zero-order valence-corrected chi connectivity index (χ0v) is 15.1. The topological polar surface area (TPSA) is 61.5 Å². The smallest absolute Gasteiger partial charge is 0.234 e. The molecular formula is C17H20N4O2S. The van der Waals surface area contributed by atoms with Crippen molar-refractivity contribution < 1.29 is 9.47 Å². The number of rotatable bonds is 6. The van der Waals surface area contributed by atoms with Crippen LogP contribution in [0.2, 0.25) is 0 Å². The second-order valence-electron chi connectivity index (χ2n) is 5.20. The summed E-state index contributed by atoms with van der Waals surface area (Å²) in [5, 5.41) is 13.7. The molecule has 2 heterocycles. The van der Waals surface area contributed by atoms with Crippen molar-refractivity contribution in [3.05, 3.63) is 34.1 Å². The molecule has 0 saturated carbocycles. The zero-order valence-electron chi connectivity index (χ0n) is 14.2. The van der Waals surface area contributed by atoms with Crippen LogP contribution in [0.1, 0.15) is 35.8 Å². The Hall–Kier alpha value is -2.41. The van der Waals surface area contributed by atoms with Gasteiger partial charge in [0.1, 0.15) is 16.5 Å². The molecule has 0 amide bonds. The first kappa shape index (κ1) is 16.4. The van der Waals surface area contributed by atoms with Crippen molar-refractivity contribution in [2.45, 2.75) is 26.7 Å². The fourth-order valence-corrected chi connectivity index (χ4v) is 3.28. The van der Waals surface area contributed by atoms with E-state index in [1.54, 1.807) is 18.7 Å². The van der Waals surface area contributed by atoms with Crippen molar-refractivity contribution >= 4 is 28.4 Å². The van der Waals surface area contributed by atoms with Crippen molar-refractivity contribution in [3.63, 3.8) is 0 Å². The molecule has 0 fully saturated rings. The second kappa shape index (κ2) is 7.00. The van der Waals surface area contributed by atoms with E-state index in [9.17, 15) is 0 Å². The third kappa shape index (κ3) is 2.99. The third-order valence-corrected chi connectivity index (χ3v) is 4.67. The molecule has 0 atom stereocenters. The summed E-state index contributed by atoms with van der Waals surface area (Å²) in [6.07, 6.45) is 5.68. The van der Waals surface area contributed by atoms with Crippen LogP contribution in [0, 0.1) is 0 Å². The Kier molecular flexibility index (Phi) is 4.80. The summed E-state index contributed by atoms with van der Waals surface area (Å²) >= 11 is 1.51. The maximum Gasteiger partial charge on any atom is 0.234 e. The highest BCUT2D eigenvalue weighted by Crippen LogP contribution is 2.31. The number of nitrogens with zero attached hydrogens (tertiary/aromatic N) is 4. The van der Waals surface area contributed by atoms with Gasteiger partial charge < -0.3 is 9.47 Å². The predicted molar refractivity (Wildman–Crippen MR) is 95.9 cm³/mol. The predicted octanol–water partition coefficient (Wildman–Crippen LogP) is 3.50. The Bertz CT molecular complexity index is 882. The number of aryl methyl sites for hydroxylation is 2. The molecule has 3 aromatic rings. The first-order valence-corrected chi connectivity index (χ1v) is 8.65. The quantitative estimate of drug-likeness (QED) is 0.685. The highest BCUT2D eigenvalue weighted by atomic mass is 32.1. The van der Waals surface area contributed by atoms with E-state index in [2.05, 4.69) is 28.3 Å². The van der Waals surface area contributed by atoms with Gasteiger partial charge in [0.2, 0.25) is 4.96 Å². The van der Waals surface area contributed by atoms with Crippen LogP contribution in [-0.2, 0) is 12.8 Å². The lowest BCUT2D eigenvalue weighted by Gasteiger charge is -2.12. The van der Waals surface area contributed by atoms with Crippen LogP contribution in [0.3, 0.4) is 0 Å². The van der Waals surface area contributed by atoms with Crippen molar-refractivity contribution in [2.24, 2.45) is 0 Å². The normalized spacial score (nSPS) is 11.5. The van der Waals surface area contributed by atoms with Crippen molar-refractivity contribution in [2.75, 3.05) is 14.2 Å². The minimum atomic E-state index is 0.776. The Morgan fingerprint density at radius 2 is 1.83 bits per heavy atom. The van der Waals surface area contributed by atoms with Gasteiger partial charge in [-0.3, -0.25) is 0 Å². The Balaban J connectivity index is 1.96. The summed E-state index contributed by atoms with van der Waals surface area (Å²) in [6, 6.07) is 4.01. The molecule has 0 aliphatic heterocycles. The van der Waals surface area contributed by atoms with Crippen molar-refractivity contribution in [3.8, 4) is 11.5 Å². The number of hydrogen-bond donors (Lipinski definition) is 0. The van der Waals surface area contributed by atoms with Crippen LogP contribution < -0.4 is 9.47 Å². The fraction of sp³-hybridized carbons (Fsp3) is 0.353. The van der Waals surface area contributed by atoms with Gasteiger partial charge in [-0.05, 0) is 30.2 Å². The highest BCUT2D eigenvalue weighted by Gasteiger charge is 2.10. The van der Waals surface area contributed by atoms with Gasteiger partial charge >= 0.3 is 0 Å². The molecule has 7 heteroatoms. The van der Waals surface area contributed by atoms with E-state index in [1.165, 1.54) is 11.3 Å². The van der Waals surface area contributed by atoms with Gasteiger partial charge in [0.15, 0.2) is 5.82 Å². The van der Waals surface area contributed by atoms with Crippen LogP contribution in [0.4, 0.5) is 0 Å². The summed E-state index contributed by atoms with van der Waals surface area (Å²) in [6.45, 7) is 4.15. The number of methoxy groups -OCH3 is 2. The number of benzene rings is 1. The molecule has 126 valence electrons. The van der Waals surface area contributed by atoms with E-state index < -0.39 is 0 Å². The van der Waals surface area contributed by atoms with E-state index in [4.69, 9.17) is 9.47 Å². The standard InChI is InChI=1S/C17H20N4O2S/c1-5-11-9-12(14(23-4)10-13(11)22-3)7-8-16-20-21-15(6-2)18-19-17(21)24-16/h7-10H,5-6H2,1-4H3/b8-7+. The summed E-state index contributed by atoms with van der Waals surface area (Å²) in [7, 11) is 3.34. The van der Waals surface area contributed by atoms with Gasteiger partial charge in [-0.2, -0.15) is 9.61 Å². The second-order valence-corrected chi connectivity index (χ2v) is 6.18. The lowest BCUT2D eigenvalue weighted by atomic mass is 10.1. The summed E-state index contributed by atoms with van der Waals surface area (Å²) in [5.41, 5.74) is 2.14. The molecule has 0 bridgehead atoms. The summed E-state index contributed by atoms with van der Waals surface area (Å²) < 4.78 is 12.7. The minimum absolute atomic E-state index is 0.776. The van der Waals surface area contributed by atoms with Crippen LogP contribution in [0.5, 0.6) is 11.5 Å². The molecule has 24 heavy (non-hydrogen) atoms. The molecule has 0 aliphatic carbocycles. The molecule has 0 aliphatic rings. The van der Waals surface area contributed by atoms with Crippen LogP contribution >= 0.6 is 11.3 Å². The van der Waals surface area contributed by atoms with E-state index >= 15 is 0 Å². The molecule has 3 rings (SSSR count). The lowest BCUT2D eigenvalue weighted by Crippen LogP contribution is -1.95. The Morgan fingerprint density at radius 3 is 2.50 bits per heavy atom. The number of fused-ring (bicyclic) bond motifs is 1. The molecule has 0 unspecified atom stereocenters. The zero-order chi connectivity index (χ0) is 17.1. The van der Waals surface area contributed by atoms with Crippen LogP contribution in [-0.4, -0.2) is 34.0 Å². The van der Waals surface area contributed by atoms with Crippen molar-refractivity contribution in [1.29, 1.82) is 0 Å². The van der Waals surface area contributed by atoms with E-state index in [-0.39, 0.29) is 0 Å². The van der Waals surface area contributed by atoms with Gasteiger partial charge in [0.05, 0.1) is 14.2 Å². The fourth-order valence-electron chi connectivity index (χ4n) is 2.52. The molecule has 1 aromatic carbocycles. The highest BCUT2D eigenvalue weighted by molar-refractivity contribution is 7.17. The minimum Gasteiger partial charge on any atom is -0.496 e. The van der Waals surface area contributed by atoms with E-state index in [0.717, 1.165) is 51.3 Å². The summed E-state index contributed by atoms with van der Waals surface area (Å²) in [4.78, 5) is 0.808. The van der Waals surface area contributed by atoms with Crippen molar-refractivity contribution in [1.82, 2.24) is 19.8 Å². The number of hydrogen-bond acceptors (Lipinski definition) is 6. The molecule has 6 nitrogen and oxygen atoms in total. The van der Waals surface area contributed by atoms with E-state index in [0.29, 0.717) is 0 Å². The number of ether oxygens (including phenoxy) is 2. The molecule has 0 radical (unpaired) electrons. The Morgan fingerprint density at radius 1 is 1.04 bits per heavy atom. The molecule has 0 spiro atoms. The molecular weight excluding hydrogens is 324 g/mol. The lowest BCUT2D eigenvalue weighted by molar-refractivity contribution is 0.391. The summed E-state index contributed by atoms with van der Waals surface area (Å²) in [5.74, 6) is 2.49. The SMILES string of the molecule is CCc1cc(/C=C/c2nn3c(CC)nnc3s2)c(OC)cc1OC. The third-order valence-electron chi connectivity index (χ3n) is 3.81. The van der Waals surface area contributed by atoms with E-state index in [1.807, 2.05) is 25.1 Å². The maximum absolute atomic E-state index is 5.48. The maximum atomic E-state index is 5.48. The van der Waals surface area contributed by atoms with Gasteiger partial charge in [0.25, 0.3) is 0 Å².